The first-order chi connectivity index (χ1) is 15.1. The standard InChI is InChI=1S/C21H20ClF2N5O2S/c1-13(28-17-7-14(6-15(22)8-17)11-32(3,30)27-12-26)29-21(19(24)10-25)18-5-4-16(23)9-20(18)31-2/h4-10,28H,1,11,25H2,2-3H3/b19-10+,29-21?. The number of anilines is 1. The van der Waals surface area contributed by atoms with E-state index in [1.807, 2.05) is 0 Å². The minimum Gasteiger partial charge on any atom is -0.496 e. The van der Waals surface area contributed by atoms with E-state index in [0.717, 1.165) is 12.1 Å². The van der Waals surface area contributed by atoms with Gasteiger partial charge in [-0.15, -0.1) is 4.36 Å². The van der Waals surface area contributed by atoms with Crippen molar-refractivity contribution in [1.82, 2.24) is 0 Å². The average molecular weight is 480 g/mol. The Hall–Kier alpha value is -3.42. The van der Waals surface area contributed by atoms with Gasteiger partial charge in [-0.2, -0.15) is 5.26 Å². The van der Waals surface area contributed by atoms with Gasteiger partial charge in [0.05, 0.1) is 22.6 Å². The molecule has 2 aromatic carbocycles. The maximum Gasteiger partial charge on any atom is 0.214 e. The van der Waals surface area contributed by atoms with Crippen molar-refractivity contribution >= 4 is 32.7 Å². The average Bonchev–Trinajstić information content (AvgIpc) is 2.70. The van der Waals surface area contributed by atoms with Gasteiger partial charge in [-0.05, 0) is 35.9 Å². The van der Waals surface area contributed by atoms with Gasteiger partial charge in [0.25, 0.3) is 0 Å². The lowest BCUT2D eigenvalue weighted by Gasteiger charge is -2.13. The minimum atomic E-state index is -2.77. The number of nitrogens with zero attached hydrogens (tertiary/aromatic N) is 3. The summed E-state index contributed by atoms with van der Waals surface area (Å²) in [6.07, 6.45) is 3.61. The molecule has 0 bridgehead atoms. The number of methoxy groups -OCH3 is 1. The van der Waals surface area contributed by atoms with Crippen LogP contribution in [0.15, 0.2) is 70.2 Å². The molecule has 0 saturated heterocycles. The van der Waals surface area contributed by atoms with E-state index in [0.29, 0.717) is 22.5 Å². The summed E-state index contributed by atoms with van der Waals surface area (Å²) < 4.78 is 48.9. The lowest BCUT2D eigenvalue weighted by molar-refractivity contribution is 0.410. The fourth-order valence-electron chi connectivity index (χ4n) is 2.75. The molecule has 3 N–H and O–H groups in total. The molecule has 0 aliphatic rings. The summed E-state index contributed by atoms with van der Waals surface area (Å²) in [6.45, 7) is 3.76. The van der Waals surface area contributed by atoms with Crippen LogP contribution in [-0.2, 0) is 15.5 Å². The van der Waals surface area contributed by atoms with Crippen molar-refractivity contribution in [2.24, 2.45) is 15.1 Å². The zero-order valence-corrected chi connectivity index (χ0v) is 18.8. The van der Waals surface area contributed by atoms with Gasteiger partial charge in [0, 0.05) is 34.8 Å². The Morgan fingerprint density at radius 3 is 2.75 bits per heavy atom. The normalized spacial score (nSPS) is 13.6. The summed E-state index contributed by atoms with van der Waals surface area (Å²) >= 11 is 6.14. The van der Waals surface area contributed by atoms with E-state index < -0.39 is 21.4 Å². The Labute approximate surface area is 190 Å². The van der Waals surface area contributed by atoms with Crippen molar-refractivity contribution in [1.29, 1.82) is 5.26 Å². The number of nitrogens with one attached hydrogen (secondary N) is 1. The maximum atomic E-state index is 14.5. The number of allylic oxidation sites excluding steroid dienone is 1. The maximum absolute atomic E-state index is 14.5. The first-order valence-corrected chi connectivity index (χ1v) is 11.4. The molecule has 7 nitrogen and oxygen atoms in total. The quantitative estimate of drug-likeness (QED) is 0.420. The van der Waals surface area contributed by atoms with E-state index in [-0.39, 0.29) is 28.6 Å². The van der Waals surface area contributed by atoms with Crippen LogP contribution in [-0.4, -0.2) is 23.3 Å². The molecular weight excluding hydrogens is 460 g/mol. The van der Waals surface area contributed by atoms with Crippen LogP contribution in [0.4, 0.5) is 14.5 Å². The highest BCUT2D eigenvalue weighted by atomic mass is 35.5. The zero-order chi connectivity index (χ0) is 23.9. The third-order valence-electron chi connectivity index (χ3n) is 3.95. The third kappa shape index (κ3) is 6.80. The van der Waals surface area contributed by atoms with Crippen molar-refractivity contribution in [2.45, 2.75) is 5.75 Å². The summed E-state index contributed by atoms with van der Waals surface area (Å²) in [5, 5.41) is 11.9. The molecule has 1 atom stereocenters. The van der Waals surface area contributed by atoms with Gasteiger partial charge >= 0.3 is 0 Å². The molecule has 0 aromatic heterocycles. The summed E-state index contributed by atoms with van der Waals surface area (Å²) in [7, 11) is -1.46. The van der Waals surface area contributed by atoms with Crippen LogP contribution in [0.5, 0.6) is 5.75 Å². The molecule has 1 unspecified atom stereocenters. The van der Waals surface area contributed by atoms with Crippen LogP contribution >= 0.6 is 11.6 Å². The molecule has 0 fully saturated rings. The molecule has 0 spiro atoms. The molecule has 0 aliphatic heterocycles. The van der Waals surface area contributed by atoms with Crippen molar-refractivity contribution in [3.05, 3.63) is 82.8 Å². The molecule has 168 valence electrons. The largest absolute Gasteiger partial charge is 0.496 e. The lowest BCUT2D eigenvalue weighted by atomic mass is 10.1. The highest BCUT2D eigenvalue weighted by Crippen LogP contribution is 2.26. The van der Waals surface area contributed by atoms with E-state index in [1.165, 1.54) is 19.4 Å². The van der Waals surface area contributed by atoms with E-state index in [9.17, 15) is 13.0 Å². The highest BCUT2D eigenvalue weighted by molar-refractivity contribution is 7.92. The molecule has 2 aromatic rings. The highest BCUT2D eigenvalue weighted by Gasteiger charge is 2.16. The van der Waals surface area contributed by atoms with Crippen molar-refractivity contribution < 1.29 is 17.7 Å². The van der Waals surface area contributed by atoms with E-state index in [2.05, 4.69) is 21.3 Å². The smallest absolute Gasteiger partial charge is 0.214 e. The van der Waals surface area contributed by atoms with Gasteiger partial charge in [0.1, 0.15) is 23.1 Å². The first kappa shape index (κ1) is 24.8. The minimum absolute atomic E-state index is 0.00584. The van der Waals surface area contributed by atoms with Gasteiger partial charge in [-0.25, -0.2) is 18.0 Å². The second-order valence-electron chi connectivity index (χ2n) is 6.53. The molecule has 11 heteroatoms. The number of nitriles is 1. The van der Waals surface area contributed by atoms with Crippen molar-refractivity contribution in [3.8, 4) is 11.9 Å². The summed E-state index contributed by atoms with van der Waals surface area (Å²) in [6, 6.07) is 8.28. The fraction of sp³-hybridized carbons (Fsp3) is 0.143. The summed E-state index contributed by atoms with van der Waals surface area (Å²) in [4.78, 5) is 4.14. The number of rotatable bonds is 8. The number of ether oxygens (including phenoxy) is 1. The number of halogens is 3. The van der Waals surface area contributed by atoms with Crippen LogP contribution in [0, 0.1) is 17.3 Å². The number of aliphatic imine (C=N–C) groups is 1. The third-order valence-corrected chi connectivity index (χ3v) is 5.51. The second kappa shape index (κ2) is 10.7. The molecule has 0 heterocycles. The van der Waals surface area contributed by atoms with Crippen molar-refractivity contribution in [3.63, 3.8) is 0 Å². The molecule has 32 heavy (non-hydrogen) atoms. The molecule has 0 amide bonds. The first-order valence-electron chi connectivity index (χ1n) is 8.92. The van der Waals surface area contributed by atoms with Crippen LogP contribution < -0.4 is 15.8 Å². The Bertz CT molecular complexity index is 1260. The van der Waals surface area contributed by atoms with Gasteiger partial charge < -0.3 is 15.8 Å². The Kier molecular flexibility index (Phi) is 8.34. The van der Waals surface area contributed by atoms with Crippen LogP contribution in [0.25, 0.3) is 0 Å². The van der Waals surface area contributed by atoms with E-state index in [4.69, 9.17) is 27.3 Å². The number of hydrogen-bond acceptors (Lipinski definition) is 7. The van der Waals surface area contributed by atoms with Crippen LogP contribution in [0.3, 0.4) is 0 Å². The van der Waals surface area contributed by atoms with Crippen LogP contribution in [0.2, 0.25) is 5.02 Å². The Morgan fingerprint density at radius 2 is 2.12 bits per heavy atom. The molecule has 0 saturated carbocycles. The number of nitrogens with two attached hydrogens (primary N) is 1. The summed E-state index contributed by atoms with van der Waals surface area (Å²) in [5.74, 6) is -1.39. The van der Waals surface area contributed by atoms with E-state index in [1.54, 1.807) is 24.4 Å². The Morgan fingerprint density at radius 1 is 1.41 bits per heavy atom. The lowest BCUT2D eigenvalue weighted by Crippen LogP contribution is -2.09. The topological polar surface area (TPSA) is 113 Å². The molecule has 2 rings (SSSR count). The Balaban J connectivity index is 2.41. The molecule has 0 radical (unpaired) electrons. The predicted octanol–water partition coefficient (Wildman–Crippen LogP) is 4.71. The molecular formula is C21H20ClF2N5O2S. The second-order valence-corrected chi connectivity index (χ2v) is 9.36. The number of benzene rings is 2. The SMILES string of the molecule is C=C(N=C(/C(F)=C\N)c1ccc(F)cc1OC)Nc1cc(Cl)cc(CS(C)(=O)=NC#N)c1. The number of hydrogen-bond donors (Lipinski definition) is 2. The van der Waals surface area contributed by atoms with Gasteiger partial charge in [-0.3, -0.25) is 0 Å². The monoisotopic (exact) mass is 479 g/mol. The fourth-order valence-corrected chi connectivity index (χ4v) is 4.03. The molecule has 0 aliphatic carbocycles. The van der Waals surface area contributed by atoms with Crippen LogP contribution in [0.1, 0.15) is 11.1 Å². The predicted molar refractivity (Wildman–Crippen MR) is 123 cm³/mol. The zero-order valence-electron chi connectivity index (χ0n) is 17.2. The van der Waals surface area contributed by atoms with Gasteiger partial charge in [-0.1, -0.05) is 18.2 Å². The van der Waals surface area contributed by atoms with Gasteiger partial charge in [0.15, 0.2) is 5.83 Å². The summed E-state index contributed by atoms with van der Waals surface area (Å²) in [5.41, 5.74) is 6.23. The van der Waals surface area contributed by atoms with Crippen molar-refractivity contribution in [2.75, 3.05) is 18.7 Å². The van der Waals surface area contributed by atoms with E-state index >= 15 is 0 Å². The van der Waals surface area contributed by atoms with Gasteiger partial charge in [0.2, 0.25) is 6.19 Å².